The number of nitrogens with one attached hydrogen (secondary N) is 1. The Kier molecular flexibility index (Phi) is 8.05. The van der Waals surface area contributed by atoms with Crippen LogP contribution in [0.1, 0.15) is 30.5 Å². The lowest BCUT2D eigenvalue weighted by Crippen LogP contribution is -2.45. The Labute approximate surface area is 177 Å². The van der Waals surface area contributed by atoms with Crippen molar-refractivity contribution < 1.29 is 14.3 Å². The van der Waals surface area contributed by atoms with E-state index in [0.29, 0.717) is 19.5 Å². The molecule has 1 heterocycles. The third-order valence-electron chi connectivity index (χ3n) is 5.28. The maximum Gasteiger partial charge on any atom is 0.245 e. The van der Waals surface area contributed by atoms with Gasteiger partial charge in [-0.05, 0) is 29.7 Å². The highest BCUT2D eigenvalue weighted by molar-refractivity contribution is 5.90. The molecule has 0 bridgehead atoms. The van der Waals surface area contributed by atoms with Crippen LogP contribution in [0, 0.1) is 5.92 Å². The van der Waals surface area contributed by atoms with E-state index in [1.54, 1.807) is 18.9 Å². The van der Waals surface area contributed by atoms with Crippen molar-refractivity contribution in [1.29, 1.82) is 0 Å². The Hall–Kier alpha value is -2.57. The minimum absolute atomic E-state index is 0. The van der Waals surface area contributed by atoms with Crippen molar-refractivity contribution >= 4 is 24.2 Å². The van der Waals surface area contributed by atoms with Gasteiger partial charge in [-0.2, -0.15) is 0 Å². The van der Waals surface area contributed by atoms with Crippen molar-refractivity contribution in [2.24, 2.45) is 11.7 Å². The third-order valence-corrected chi connectivity index (χ3v) is 5.28. The van der Waals surface area contributed by atoms with Gasteiger partial charge in [0.25, 0.3) is 0 Å². The number of methoxy groups -OCH3 is 1. The van der Waals surface area contributed by atoms with Crippen LogP contribution in [0.3, 0.4) is 0 Å². The topological polar surface area (TPSA) is 84.7 Å². The van der Waals surface area contributed by atoms with E-state index in [0.717, 1.165) is 16.9 Å². The van der Waals surface area contributed by atoms with Crippen molar-refractivity contribution in [2.75, 3.05) is 13.7 Å². The molecule has 3 atom stereocenters. The minimum Gasteiger partial charge on any atom is -0.497 e. The number of halogens is 1. The van der Waals surface area contributed by atoms with E-state index >= 15 is 0 Å². The molecule has 0 aliphatic carbocycles. The highest BCUT2D eigenvalue weighted by Crippen LogP contribution is 2.21. The summed E-state index contributed by atoms with van der Waals surface area (Å²) in [6.07, 6.45) is 0.605. The average molecular weight is 418 g/mol. The van der Waals surface area contributed by atoms with Crippen molar-refractivity contribution in [3.8, 4) is 5.75 Å². The first kappa shape index (κ1) is 22.7. The molecular formula is C22H28ClN3O3. The summed E-state index contributed by atoms with van der Waals surface area (Å²) in [6.45, 7) is 2.94. The van der Waals surface area contributed by atoms with E-state index in [1.807, 2.05) is 54.6 Å². The third kappa shape index (κ3) is 5.49. The van der Waals surface area contributed by atoms with Crippen LogP contribution >= 0.6 is 12.4 Å². The molecule has 3 N–H and O–H groups in total. The van der Waals surface area contributed by atoms with Gasteiger partial charge < -0.3 is 20.7 Å². The van der Waals surface area contributed by atoms with Gasteiger partial charge in [-0.1, -0.05) is 49.4 Å². The first-order valence-electron chi connectivity index (χ1n) is 9.52. The highest BCUT2D eigenvalue weighted by Gasteiger charge is 2.34. The van der Waals surface area contributed by atoms with E-state index in [2.05, 4.69) is 5.32 Å². The van der Waals surface area contributed by atoms with E-state index < -0.39 is 18.0 Å². The molecule has 7 heteroatoms. The highest BCUT2D eigenvalue weighted by atomic mass is 35.5. The van der Waals surface area contributed by atoms with Gasteiger partial charge in [0.2, 0.25) is 11.8 Å². The zero-order chi connectivity index (χ0) is 20.1. The lowest BCUT2D eigenvalue weighted by atomic mass is 9.94. The molecule has 0 aromatic heterocycles. The quantitative estimate of drug-likeness (QED) is 0.725. The molecule has 1 aliphatic heterocycles. The largest absolute Gasteiger partial charge is 0.497 e. The predicted molar refractivity (Wildman–Crippen MR) is 115 cm³/mol. The van der Waals surface area contributed by atoms with Gasteiger partial charge >= 0.3 is 0 Å². The number of amides is 2. The summed E-state index contributed by atoms with van der Waals surface area (Å²) in [5.41, 5.74) is 8.17. The van der Waals surface area contributed by atoms with Gasteiger partial charge in [0.15, 0.2) is 0 Å². The number of benzene rings is 2. The fraction of sp³-hybridized carbons (Fsp3) is 0.364. The molecule has 1 aliphatic rings. The maximum atomic E-state index is 12.7. The normalized spacial score (nSPS) is 18.0. The summed E-state index contributed by atoms with van der Waals surface area (Å²) >= 11 is 0. The Bertz CT molecular complexity index is 814. The Balaban J connectivity index is 0.00000300. The molecule has 1 fully saturated rings. The first-order chi connectivity index (χ1) is 13.5. The second-order valence-corrected chi connectivity index (χ2v) is 7.18. The van der Waals surface area contributed by atoms with Crippen molar-refractivity contribution in [3.63, 3.8) is 0 Å². The van der Waals surface area contributed by atoms with Gasteiger partial charge in [-0.25, -0.2) is 0 Å². The van der Waals surface area contributed by atoms with Gasteiger partial charge in [0.1, 0.15) is 11.8 Å². The fourth-order valence-electron chi connectivity index (χ4n) is 3.41. The Morgan fingerprint density at radius 2 is 1.86 bits per heavy atom. The zero-order valence-corrected chi connectivity index (χ0v) is 17.5. The van der Waals surface area contributed by atoms with E-state index in [4.69, 9.17) is 10.5 Å². The second kappa shape index (κ2) is 10.3. The Morgan fingerprint density at radius 3 is 2.48 bits per heavy atom. The summed E-state index contributed by atoms with van der Waals surface area (Å²) in [7, 11) is 1.62. The van der Waals surface area contributed by atoms with Crippen LogP contribution in [0.5, 0.6) is 5.75 Å². The maximum absolute atomic E-state index is 12.7. The zero-order valence-electron chi connectivity index (χ0n) is 16.7. The molecule has 0 radical (unpaired) electrons. The molecule has 6 nitrogen and oxygen atoms in total. The molecule has 0 spiro atoms. The summed E-state index contributed by atoms with van der Waals surface area (Å²) in [6, 6.07) is 16.3. The van der Waals surface area contributed by atoms with Crippen LogP contribution in [-0.2, 0) is 16.1 Å². The lowest BCUT2D eigenvalue weighted by molar-refractivity contribution is -0.134. The van der Waals surface area contributed by atoms with Crippen LogP contribution in [0.4, 0.5) is 0 Å². The molecule has 29 heavy (non-hydrogen) atoms. The molecule has 2 amide bonds. The van der Waals surface area contributed by atoms with Crippen molar-refractivity contribution in [3.05, 3.63) is 65.7 Å². The summed E-state index contributed by atoms with van der Waals surface area (Å²) < 4.78 is 5.16. The van der Waals surface area contributed by atoms with Crippen LogP contribution < -0.4 is 15.8 Å². The molecule has 2 aromatic rings. The average Bonchev–Trinajstić information content (AvgIpc) is 3.07. The van der Waals surface area contributed by atoms with Gasteiger partial charge in [-0.3, -0.25) is 9.59 Å². The number of rotatable bonds is 7. The first-order valence-corrected chi connectivity index (χ1v) is 9.52. The fourth-order valence-corrected chi connectivity index (χ4v) is 3.41. The number of likely N-dealkylation sites (tertiary alicyclic amines) is 1. The van der Waals surface area contributed by atoms with Crippen LogP contribution in [0.2, 0.25) is 0 Å². The van der Waals surface area contributed by atoms with Crippen LogP contribution in [0.25, 0.3) is 0 Å². The number of hydrogen-bond donors (Lipinski definition) is 2. The number of nitrogens with zero attached hydrogens (tertiary/aromatic N) is 1. The van der Waals surface area contributed by atoms with E-state index in [1.165, 1.54) is 0 Å². The molecule has 2 aromatic carbocycles. The number of ether oxygens (including phenoxy) is 1. The standard InChI is InChI=1S/C22H27N3O3.ClH/c1-15(20(23)17-6-4-3-5-7-17)21(26)24-19-12-13-25(22(19)27)14-16-8-10-18(28-2)11-9-16;/h3-11,15,19-20H,12-14,23H2,1-2H3,(H,24,26);1H. The van der Waals surface area contributed by atoms with E-state index in [-0.39, 0.29) is 24.2 Å². The monoisotopic (exact) mass is 417 g/mol. The SMILES string of the molecule is COc1ccc(CN2CCC(NC(=O)C(C)C(N)c3ccccc3)C2=O)cc1.Cl. The number of carbonyl (C=O) groups is 2. The van der Waals surface area contributed by atoms with E-state index in [9.17, 15) is 9.59 Å². The lowest BCUT2D eigenvalue weighted by Gasteiger charge is -2.22. The van der Waals surface area contributed by atoms with Crippen LogP contribution in [0.15, 0.2) is 54.6 Å². The minimum atomic E-state index is -0.490. The smallest absolute Gasteiger partial charge is 0.245 e. The molecular weight excluding hydrogens is 390 g/mol. The number of nitrogens with two attached hydrogens (primary N) is 1. The summed E-state index contributed by atoms with van der Waals surface area (Å²) in [5, 5.41) is 2.88. The molecule has 3 unspecified atom stereocenters. The van der Waals surface area contributed by atoms with Gasteiger partial charge in [-0.15, -0.1) is 12.4 Å². The summed E-state index contributed by atoms with van der Waals surface area (Å²) in [5.74, 6) is 0.113. The summed E-state index contributed by atoms with van der Waals surface area (Å²) in [4.78, 5) is 27.1. The molecule has 3 rings (SSSR count). The molecule has 1 saturated heterocycles. The van der Waals surface area contributed by atoms with Gasteiger partial charge in [0, 0.05) is 19.1 Å². The Morgan fingerprint density at radius 1 is 1.21 bits per heavy atom. The molecule has 0 saturated carbocycles. The van der Waals surface area contributed by atoms with Crippen LogP contribution in [-0.4, -0.2) is 36.4 Å². The predicted octanol–water partition coefficient (Wildman–Crippen LogP) is 2.67. The number of carbonyl (C=O) groups excluding carboxylic acids is 2. The van der Waals surface area contributed by atoms with Crippen molar-refractivity contribution in [1.82, 2.24) is 10.2 Å². The second-order valence-electron chi connectivity index (χ2n) is 7.18. The van der Waals surface area contributed by atoms with Crippen molar-refractivity contribution in [2.45, 2.75) is 32.0 Å². The van der Waals surface area contributed by atoms with Gasteiger partial charge in [0.05, 0.1) is 13.0 Å². The molecule has 156 valence electrons. The number of hydrogen-bond acceptors (Lipinski definition) is 4.